The third-order valence-corrected chi connectivity index (χ3v) is 7.15. The summed E-state index contributed by atoms with van der Waals surface area (Å²) < 4.78 is 12.9. The number of nitrogens with one attached hydrogen (secondary N) is 1. The molecule has 2 aliphatic rings. The van der Waals surface area contributed by atoms with Crippen LogP contribution < -0.4 is 5.32 Å². The van der Waals surface area contributed by atoms with E-state index in [9.17, 15) is 13.8 Å². The smallest absolute Gasteiger partial charge is 0.156 e. The summed E-state index contributed by atoms with van der Waals surface area (Å²) in [5.41, 5.74) is -0.00424. The van der Waals surface area contributed by atoms with E-state index < -0.39 is 21.8 Å². The fourth-order valence-electron chi connectivity index (χ4n) is 4.05. The predicted octanol–water partition coefficient (Wildman–Crippen LogP) is 2.19. The number of hydrogen-bond acceptors (Lipinski definition) is 4. The molecule has 0 spiro atoms. The Morgan fingerprint density at radius 1 is 1.33 bits per heavy atom. The molecule has 128 valence electrons. The number of rotatable bonds is 4. The molecule has 1 aromatic carbocycles. The molecule has 1 aliphatic carbocycles. The van der Waals surface area contributed by atoms with Crippen LogP contribution in [0.1, 0.15) is 25.8 Å². The molecule has 0 aromatic heterocycles. The highest BCUT2D eigenvalue weighted by Gasteiger charge is 2.59. The van der Waals surface area contributed by atoms with Crippen LogP contribution in [0.2, 0.25) is 0 Å². The maximum absolute atomic E-state index is 12.9. The zero-order valence-electron chi connectivity index (χ0n) is 14.3. The van der Waals surface area contributed by atoms with Gasteiger partial charge in [0.25, 0.3) is 0 Å². The quantitative estimate of drug-likeness (QED) is 0.908. The minimum absolute atomic E-state index is 0.0317. The monoisotopic (exact) mass is 345 g/mol. The average molecular weight is 345 g/mol. The molecule has 1 unspecified atom stereocenters. The van der Waals surface area contributed by atoms with E-state index in [1.807, 2.05) is 44.2 Å². The van der Waals surface area contributed by atoms with E-state index in [-0.39, 0.29) is 17.5 Å². The van der Waals surface area contributed by atoms with E-state index in [1.165, 1.54) is 0 Å². The zero-order chi connectivity index (χ0) is 17.5. The Bertz CT molecular complexity index is 739. The normalized spacial score (nSPS) is 33.3. The van der Waals surface area contributed by atoms with Crippen LogP contribution in [0.3, 0.4) is 0 Å². The number of aryl methyl sites for hydroxylation is 1. The lowest BCUT2D eigenvalue weighted by atomic mass is 9.61. The molecule has 1 heterocycles. The largest absolute Gasteiger partial charge is 0.306 e. The first-order chi connectivity index (χ1) is 11.3. The van der Waals surface area contributed by atoms with E-state index in [2.05, 4.69) is 5.32 Å². The second kappa shape index (κ2) is 6.05. The molecule has 1 saturated heterocycles. The van der Waals surface area contributed by atoms with Crippen LogP contribution in [-0.2, 0) is 20.4 Å². The van der Waals surface area contributed by atoms with Crippen molar-refractivity contribution >= 4 is 22.4 Å². The van der Waals surface area contributed by atoms with E-state index in [1.54, 1.807) is 13.0 Å². The molecule has 0 saturated carbocycles. The van der Waals surface area contributed by atoms with Gasteiger partial charge in [0.1, 0.15) is 5.78 Å². The molecule has 1 aromatic rings. The van der Waals surface area contributed by atoms with Crippen molar-refractivity contribution in [2.45, 2.75) is 37.6 Å². The minimum atomic E-state index is -1.21. The second-order valence-electron chi connectivity index (χ2n) is 7.21. The van der Waals surface area contributed by atoms with Crippen molar-refractivity contribution in [3.8, 4) is 0 Å². The fourth-order valence-corrected chi connectivity index (χ4v) is 5.59. The zero-order valence-corrected chi connectivity index (χ0v) is 15.1. The highest BCUT2D eigenvalue weighted by atomic mass is 32.2. The maximum atomic E-state index is 12.9. The summed E-state index contributed by atoms with van der Waals surface area (Å²) in [6, 6.07) is 7.67. The summed E-state index contributed by atoms with van der Waals surface area (Å²) in [7, 11) is -1.21. The van der Waals surface area contributed by atoms with Crippen molar-refractivity contribution in [1.82, 2.24) is 5.32 Å². The third-order valence-electron chi connectivity index (χ3n) is 5.64. The molecule has 24 heavy (non-hydrogen) atoms. The molecule has 4 atom stereocenters. The highest BCUT2D eigenvalue weighted by Crippen LogP contribution is 2.50. The van der Waals surface area contributed by atoms with Crippen molar-refractivity contribution in [3.05, 3.63) is 42.0 Å². The molecule has 3 rings (SSSR count). The van der Waals surface area contributed by atoms with E-state index in [0.717, 1.165) is 10.5 Å². The van der Waals surface area contributed by atoms with Crippen LogP contribution in [0.5, 0.6) is 0 Å². The van der Waals surface area contributed by atoms with Gasteiger partial charge in [-0.3, -0.25) is 13.8 Å². The lowest BCUT2D eigenvalue weighted by molar-refractivity contribution is -0.126. The number of carbonyl (C=O) groups excluding carboxylic acids is 2. The van der Waals surface area contributed by atoms with E-state index >= 15 is 0 Å². The standard InChI is InChI=1S/C19H23NO3S/c1-13-4-6-16(7-5-13)24(23)12-19-9-8-15(22)10-18(19,3)17(11-20-19)14(2)21/h4-9,17,20H,10-12H2,1-3H3/t17-,18-,19+,24?/m1/s1. The fraction of sp³-hybridized carbons (Fsp3) is 0.474. The van der Waals surface area contributed by atoms with Crippen molar-refractivity contribution in [2.24, 2.45) is 11.3 Å². The van der Waals surface area contributed by atoms with Crippen molar-refractivity contribution in [2.75, 3.05) is 12.3 Å². The van der Waals surface area contributed by atoms with Crippen molar-refractivity contribution in [3.63, 3.8) is 0 Å². The number of Topliss-reactive ketones (excluding diaryl/α,β-unsaturated/α-hetero) is 1. The molecular formula is C19H23NO3S. The van der Waals surface area contributed by atoms with Gasteiger partial charge in [-0.05, 0) is 32.1 Å². The Morgan fingerprint density at radius 3 is 2.62 bits per heavy atom. The topological polar surface area (TPSA) is 63.2 Å². The summed E-state index contributed by atoms with van der Waals surface area (Å²) in [5, 5.41) is 3.42. The molecule has 4 nitrogen and oxygen atoms in total. The van der Waals surface area contributed by atoms with Gasteiger partial charge in [0.2, 0.25) is 0 Å². The van der Waals surface area contributed by atoms with Gasteiger partial charge in [0.05, 0.1) is 22.1 Å². The third kappa shape index (κ3) is 2.70. The Kier molecular flexibility index (Phi) is 4.34. The van der Waals surface area contributed by atoms with E-state index in [4.69, 9.17) is 0 Å². The molecule has 1 fully saturated rings. The first kappa shape index (κ1) is 17.2. The highest BCUT2D eigenvalue weighted by molar-refractivity contribution is 7.85. The number of hydrogen-bond donors (Lipinski definition) is 1. The second-order valence-corrected chi connectivity index (χ2v) is 8.66. The number of carbonyl (C=O) groups is 2. The Hall–Kier alpha value is -1.59. The average Bonchev–Trinajstić information content (AvgIpc) is 2.80. The first-order valence-corrected chi connectivity index (χ1v) is 9.52. The summed E-state index contributed by atoms with van der Waals surface area (Å²) in [5.74, 6) is 0.238. The van der Waals surface area contributed by atoms with Crippen molar-refractivity contribution in [1.29, 1.82) is 0 Å². The summed E-state index contributed by atoms with van der Waals surface area (Å²) in [6.45, 7) is 6.07. The number of allylic oxidation sites excluding steroid dienone is 1. The molecule has 0 radical (unpaired) electrons. The van der Waals surface area contributed by atoms with E-state index in [0.29, 0.717) is 18.7 Å². The van der Waals surface area contributed by atoms with Gasteiger partial charge in [-0.25, -0.2) is 0 Å². The van der Waals surface area contributed by atoms with Gasteiger partial charge in [-0.1, -0.05) is 30.7 Å². The van der Waals surface area contributed by atoms with Gasteiger partial charge in [0, 0.05) is 29.2 Å². The lowest BCUT2D eigenvalue weighted by Crippen LogP contribution is -2.57. The lowest BCUT2D eigenvalue weighted by Gasteiger charge is -2.45. The summed E-state index contributed by atoms with van der Waals surface area (Å²) >= 11 is 0. The molecule has 1 N–H and O–H groups in total. The number of benzene rings is 1. The van der Waals surface area contributed by atoms with Crippen LogP contribution in [0.25, 0.3) is 0 Å². The van der Waals surface area contributed by atoms with Gasteiger partial charge in [-0.2, -0.15) is 0 Å². The maximum Gasteiger partial charge on any atom is 0.156 e. The first-order valence-electron chi connectivity index (χ1n) is 8.20. The van der Waals surface area contributed by atoms with Gasteiger partial charge < -0.3 is 5.32 Å². The summed E-state index contributed by atoms with van der Waals surface area (Å²) in [6.07, 6.45) is 3.73. The molecule has 0 bridgehead atoms. The van der Waals surface area contributed by atoms with Crippen LogP contribution >= 0.6 is 0 Å². The number of ketones is 2. The van der Waals surface area contributed by atoms with Gasteiger partial charge >= 0.3 is 0 Å². The summed E-state index contributed by atoms with van der Waals surface area (Å²) in [4.78, 5) is 24.9. The van der Waals surface area contributed by atoms with Crippen LogP contribution in [0.15, 0.2) is 41.3 Å². The Labute approximate surface area is 145 Å². The predicted molar refractivity (Wildman–Crippen MR) is 94.2 cm³/mol. The van der Waals surface area contributed by atoms with Crippen LogP contribution in [0.4, 0.5) is 0 Å². The molecule has 5 heteroatoms. The number of fused-ring (bicyclic) bond motifs is 1. The molecular weight excluding hydrogens is 322 g/mol. The van der Waals surface area contributed by atoms with Gasteiger partial charge in [0.15, 0.2) is 5.78 Å². The van der Waals surface area contributed by atoms with Gasteiger partial charge in [-0.15, -0.1) is 0 Å². The van der Waals surface area contributed by atoms with Crippen LogP contribution in [0, 0.1) is 18.3 Å². The molecule has 1 aliphatic heterocycles. The molecule has 0 amide bonds. The SMILES string of the molecule is CC(=O)[C@H]1CN[C@]2(CS(=O)c3ccc(C)cc3)C=CC(=O)C[C@]12C. The Balaban J connectivity index is 1.96. The van der Waals surface area contributed by atoms with Crippen molar-refractivity contribution < 1.29 is 13.8 Å². The van der Waals surface area contributed by atoms with Crippen LogP contribution in [-0.4, -0.2) is 33.6 Å². The minimum Gasteiger partial charge on any atom is -0.306 e. The Morgan fingerprint density at radius 2 is 2.00 bits per heavy atom.